The summed E-state index contributed by atoms with van der Waals surface area (Å²) in [4.78, 5) is 19.1. The van der Waals surface area contributed by atoms with E-state index in [1.807, 2.05) is 24.5 Å². The first-order chi connectivity index (χ1) is 16.2. The van der Waals surface area contributed by atoms with Crippen LogP contribution in [0.4, 0.5) is 5.82 Å². The van der Waals surface area contributed by atoms with Gasteiger partial charge in [0.2, 0.25) is 5.91 Å². The second kappa shape index (κ2) is 8.16. The molecule has 1 amide bonds. The van der Waals surface area contributed by atoms with Crippen LogP contribution in [0.5, 0.6) is 0 Å². The molecule has 6 rings (SSSR count). The molecule has 33 heavy (non-hydrogen) atoms. The number of rotatable bonds is 5. The Morgan fingerprint density at radius 1 is 1.03 bits per heavy atom. The summed E-state index contributed by atoms with van der Waals surface area (Å²) in [5.74, 6) is 0.894. The smallest absolute Gasteiger partial charge is 0.244 e. The zero-order valence-corrected chi connectivity index (χ0v) is 18.1. The van der Waals surface area contributed by atoms with Gasteiger partial charge in [-0.2, -0.15) is 20.5 Å². The van der Waals surface area contributed by atoms with Crippen LogP contribution < -0.4 is 5.32 Å². The lowest BCUT2D eigenvalue weighted by Crippen LogP contribution is -2.38. The van der Waals surface area contributed by atoms with Gasteiger partial charge in [0, 0.05) is 42.5 Å². The first-order valence-corrected chi connectivity index (χ1v) is 11.2. The van der Waals surface area contributed by atoms with E-state index >= 15 is 0 Å². The van der Waals surface area contributed by atoms with Crippen molar-refractivity contribution in [3.05, 3.63) is 77.5 Å². The second-order valence-electron chi connectivity index (χ2n) is 8.66. The number of hydrogen-bond donors (Lipinski definition) is 2. The maximum Gasteiger partial charge on any atom is 0.244 e. The lowest BCUT2D eigenvalue weighted by Gasteiger charge is -2.25. The molecule has 1 aliphatic carbocycles. The number of H-pyrrole nitrogens is 1. The summed E-state index contributed by atoms with van der Waals surface area (Å²) >= 11 is 0. The molecule has 166 valence electrons. The quantitative estimate of drug-likeness (QED) is 0.493. The molecule has 4 aromatic rings. The summed E-state index contributed by atoms with van der Waals surface area (Å²) in [7, 11) is 0. The maximum absolute atomic E-state index is 12.7. The summed E-state index contributed by atoms with van der Waals surface area (Å²) < 4.78 is 1.68. The standard InChI is InChI=1S/C24H24N8O/c33-24(31-8-7-21-22(14-31)29-30-28-21)15-32-13-19(12-26-32)18-5-6-23(25-11-18)27-20-9-16-3-1-2-4-17(16)10-20/h1-6,11-13,20H,7-10,14-15H2,(H,25,27)(H,28,29,30). The van der Waals surface area contributed by atoms with E-state index < -0.39 is 0 Å². The number of amides is 1. The van der Waals surface area contributed by atoms with E-state index in [0.717, 1.165) is 47.6 Å². The fourth-order valence-corrected chi connectivity index (χ4v) is 4.67. The third-order valence-corrected chi connectivity index (χ3v) is 6.45. The number of nitrogens with zero attached hydrogens (tertiary/aromatic N) is 6. The molecule has 0 unspecified atom stereocenters. The minimum Gasteiger partial charge on any atom is -0.367 e. The minimum atomic E-state index is 0.0218. The van der Waals surface area contributed by atoms with Gasteiger partial charge in [-0.1, -0.05) is 24.3 Å². The number of aromatic amines is 1. The molecule has 0 bridgehead atoms. The first kappa shape index (κ1) is 19.7. The topological polar surface area (TPSA) is 105 Å². The van der Waals surface area contributed by atoms with Crippen molar-refractivity contribution in [1.29, 1.82) is 0 Å². The maximum atomic E-state index is 12.7. The summed E-state index contributed by atoms with van der Waals surface area (Å²) in [5.41, 5.74) is 6.53. The molecule has 0 fully saturated rings. The van der Waals surface area contributed by atoms with Crippen molar-refractivity contribution >= 4 is 11.7 Å². The van der Waals surface area contributed by atoms with Crippen LogP contribution in [0.25, 0.3) is 11.1 Å². The van der Waals surface area contributed by atoms with E-state index in [4.69, 9.17) is 0 Å². The Bertz CT molecular complexity index is 1270. The molecule has 2 N–H and O–H groups in total. The molecule has 0 atom stereocenters. The van der Waals surface area contributed by atoms with Crippen LogP contribution in [0, 0.1) is 0 Å². The first-order valence-electron chi connectivity index (χ1n) is 11.2. The molecule has 4 heterocycles. The number of nitrogens with one attached hydrogen (secondary N) is 2. The van der Waals surface area contributed by atoms with E-state index in [2.05, 4.69) is 55.1 Å². The molecule has 3 aromatic heterocycles. The number of carbonyl (C=O) groups is 1. The Labute approximate surface area is 190 Å². The number of fused-ring (bicyclic) bond motifs is 2. The van der Waals surface area contributed by atoms with Gasteiger partial charge in [-0.05, 0) is 36.1 Å². The summed E-state index contributed by atoms with van der Waals surface area (Å²) in [5, 5.41) is 18.8. The van der Waals surface area contributed by atoms with Crippen molar-refractivity contribution in [2.75, 3.05) is 11.9 Å². The molecular weight excluding hydrogens is 416 g/mol. The minimum absolute atomic E-state index is 0.0218. The van der Waals surface area contributed by atoms with E-state index in [0.29, 0.717) is 19.1 Å². The highest BCUT2D eigenvalue weighted by molar-refractivity contribution is 5.76. The fourth-order valence-electron chi connectivity index (χ4n) is 4.67. The molecule has 9 nitrogen and oxygen atoms in total. The molecule has 0 saturated carbocycles. The van der Waals surface area contributed by atoms with E-state index in [1.54, 1.807) is 15.8 Å². The van der Waals surface area contributed by atoms with Gasteiger partial charge in [0.1, 0.15) is 18.1 Å². The summed E-state index contributed by atoms with van der Waals surface area (Å²) in [6.07, 6.45) is 8.29. The second-order valence-corrected chi connectivity index (χ2v) is 8.66. The van der Waals surface area contributed by atoms with Crippen LogP contribution in [-0.2, 0) is 37.1 Å². The van der Waals surface area contributed by atoms with Crippen LogP contribution in [-0.4, -0.2) is 53.6 Å². The molecule has 2 aliphatic rings. The highest BCUT2D eigenvalue weighted by Gasteiger charge is 2.24. The van der Waals surface area contributed by atoms with Crippen molar-refractivity contribution < 1.29 is 4.79 Å². The third kappa shape index (κ3) is 3.97. The van der Waals surface area contributed by atoms with Crippen molar-refractivity contribution in [2.24, 2.45) is 0 Å². The average Bonchev–Trinajstić information content (AvgIpc) is 3.58. The lowest BCUT2D eigenvalue weighted by atomic mass is 10.1. The van der Waals surface area contributed by atoms with Gasteiger partial charge < -0.3 is 10.2 Å². The third-order valence-electron chi connectivity index (χ3n) is 6.45. The Kier molecular flexibility index (Phi) is 4.86. The summed E-state index contributed by atoms with van der Waals surface area (Å²) in [6, 6.07) is 13.0. The number of carbonyl (C=O) groups excluding carboxylic acids is 1. The number of anilines is 1. The lowest BCUT2D eigenvalue weighted by molar-refractivity contribution is -0.133. The van der Waals surface area contributed by atoms with Crippen LogP contribution in [0.1, 0.15) is 22.5 Å². The zero-order valence-electron chi connectivity index (χ0n) is 18.1. The van der Waals surface area contributed by atoms with Gasteiger partial charge in [-0.3, -0.25) is 9.48 Å². The van der Waals surface area contributed by atoms with Gasteiger partial charge in [-0.15, -0.1) is 0 Å². The van der Waals surface area contributed by atoms with E-state index in [9.17, 15) is 4.79 Å². The molecule has 0 radical (unpaired) electrons. The van der Waals surface area contributed by atoms with Gasteiger partial charge in [0.15, 0.2) is 0 Å². The molecular formula is C24H24N8O. The van der Waals surface area contributed by atoms with Gasteiger partial charge in [-0.25, -0.2) is 4.98 Å². The van der Waals surface area contributed by atoms with Gasteiger partial charge in [0.25, 0.3) is 0 Å². The molecule has 1 aliphatic heterocycles. The van der Waals surface area contributed by atoms with Crippen LogP contribution in [0.15, 0.2) is 55.0 Å². The number of benzene rings is 1. The van der Waals surface area contributed by atoms with Gasteiger partial charge in [0.05, 0.1) is 18.4 Å². The molecule has 1 aromatic carbocycles. The zero-order chi connectivity index (χ0) is 22.2. The van der Waals surface area contributed by atoms with E-state index in [-0.39, 0.29) is 12.5 Å². The monoisotopic (exact) mass is 440 g/mol. The highest BCUT2D eigenvalue weighted by Crippen LogP contribution is 2.25. The number of pyridine rings is 1. The molecule has 0 spiro atoms. The highest BCUT2D eigenvalue weighted by atomic mass is 16.2. The van der Waals surface area contributed by atoms with Crippen molar-refractivity contribution in [3.63, 3.8) is 0 Å². The molecule has 0 saturated heterocycles. The fraction of sp³-hybridized carbons (Fsp3) is 0.292. The normalized spacial score (nSPS) is 15.3. The van der Waals surface area contributed by atoms with Crippen LogP contribution >= 0.6 is 0 Å². The Morgan fingerprint density at radius 2 is 1.85 bits per heavy atom. The Balaban J connectivity index is 1.07. The van der Waals surface area contributed by atoms with Crippen LogP contribution in [0.2, 0.25) is 0 Å². The predicted molar refractivity (Wildman–Crippen MR) is 122 cm³/mol. The van der Waals surface area contributed by atoms with E-state index in [1.165, 1.54) is 11.1 Å². The number of aromatic nitrogens is 6. The Morgan fingerprint density at radius 3 is 2.64 bits per heavy atom. The summed E-state index contributed by atoms with van der Waals surface area (Å²) in [6.45, 7) is 1.34. The SMILES string of the molecule is O=C(Cn1cc(-c2ccc(NC3Cc4ccccc4C3)nc2)cn1)N1CCc2n[nH]nc2C1. The van der Waals surface area contributed by atoms with Crippen molar-refractivity contribution in [2.45, 2.75) is 38.4 Å². The predicted octanol–water partition coefficient (Wildman–Crippen LogP) is 2.23. The average molecular weight is 441 g/mol. The van der Waals surface area contributed by atoms with Crippen molar-refractivity contribution in [1.82, 2.24) is 35.1 Å². The van der Waals surface area contributed by atoms with Crippen molar-refractivity contribution in [3.8, 4) is 11.1 Å². The largest absolute Gasteiger partial charge is 0.367 e. The number of hydrogen-bond acceptors (Lipinski definition) is 6. The molecule has 9 heteroatoms. The van der Waals surface area contributed by atoms with Gasteiger partial charge >= 0.3 is 0 Å². The van der Waals surface area contributed by atoms with Crippen LogP contribution in [0.3, 0.4) is 0 Å². The Hall–Kier alpha value is -4.01.